The van der Waals surface area contributed by atoms with Gasteiger partial charge in [0.15, 0.2) is 0 Å². The number of benzene rings is 1. The van der Waals surface area contributed by atoms with E-state index < -0.39 is 0 Å². The van der Waals surface area contributed by atoms with Crippen LogP contribution in [0.5, 0.6) is 0 Å². The Bertz CT molecular complexity index is 427. The second kappa shape index (κ2) is 7.41. The molecule has 0 aliphatic rings. The Hall–Kier alpha value is -2.04. The summed E-state index contributed by atoms with van der Waals surface area (Å²) in [7, 11) is 3.32. The minimum Gasteiger partial charge on any atom is -0.462 e. The maximum absolute atomic E-state index is 11.6. The van der Waals surface area contributed by atoms with Crippen LogP contribution in [0.4, 0.5) is 10.5 Å². The molecule has 0 saturated heterocycles. The number of hydrogen-bond acceptors (Lipinski definition) is 3. The quantitative estimate of drug-likeness (QED) is 0.657. The molecule has 5 nitrogen and oxygen atoms in total. The summed E-state index contributed by atoms with van der Waals surface area (Å²) in [6.45, 7) is 2.48. The van der Waals surface area contributed by atoms with Gasteiger partial charge in [-0.25, -0.2) is 9.59 Å². The normalized spacial score (nSPS) is 9.84. The average molecular weight is 264 g/mol. The van der Waals surface area contributed by atoms with Gasteiger partial charge in [0.25, 0.3) is 0 Å². The average Bonchev–Trinajstić information content (AvgIpc) is 2.39. The van der Waals surface area contributed by atoms with E-state index in [0.717, 1.165) is 12.8 Å². The fourth-order valence-electron chi connectivity index (χ4n) is 1.32. The molecule has 0 aliphatic heterocycles. The largest absolute Gasteiger partial charge is 0.462 e. The summed E-state index contributed by atoms with van der Waals surface area (Å²) in [5.41, 5.74) is 1.13. The first-order chi connectivity index (χ1) is 9.04. The summed E-state index contributed by atoms with van der Waals surface area (Å²) >= 11 is 0. The second-order valence-corrected chi connectivity index (χ2v) is 4.39. The van der Waals surface area contributed by atoms with E-state index in [1.165, 1.54) is 4.90 Å². The predicted molar refractivity (Wildman–Crippen MR) is 74.3 cm³/mol. The molecule has 5 heteroatoms. The van der Waals surface area contributed by atoms with Crippen LogP contribution in [0.2, 0.25) is 0 Å². The van der Waals surface area contributed by atoms with Crippen molar-refractivity contribution in [2.75, 3.05) is 26.0 Å². The van der Waals surface area contributed by atoms with Crippen LogP contribution in [0.1, 0.15) is 30.1 Å². The Balaban J connectivity index is 2.56. The molecule has 0 fully saturated rings. The van der Waals surface area contributed by atoms with E-state index in [-0.39, 0.29) is 12.0 Å². The fourth-order valence-corrected chi connectivity index (χ4v) is 1.32. The molecule has 0 unspecified atom stereocenters. The first-order valence-corrected chi connectivity index (χ1v) is 6.30. The van der Waals surface area contributed by atoms with E-state index in [4.69, 9.17) is 4.74 Å². The zero-order valence-electron chi connectivity index (χ0n) is 11.6. The number of carbonyl (C=O) groups is 2. The van der Waals surface area contributed by atoms with Gasteiger partial charge < -0.3 is 15.0 Å². The zero-order valence-corrected chi connectivity index (χ0v) is 11.6. The minimum atomic E-state index is -0.334. The van der Waals surface area contributed by atoms with Gasteiger partial charge in [0.2, 0.25) is 0 Å². The Morgan fingerprint density at radius 2 is 1.84 bits per heavy atom. The third kappa shape index (κ3) is 4.99. The molecule has 0 atom stereocenters. The lowest BCUT2D eigenvalue weighted by atomic mass is 10.2. The summed E-state index contributed by atoms with van der Waals surface area (Å²) in [6, 6.07) is 6.42. The highest BCUT2D eigenvalue weighted by Crippen LogP contribution is 2.11. The van der Waals surface area contributed by atoms with Crippen LogP contribution in [0.25, 0.3) is 0 Å². The summed E-state index contributed by atoms with van der Waals surface area (Å²) in [6.07, 6.45) is 1.85. The van der Waals surface area contributed by atoms with Crippen LogP contribution < -0.4 is 5.32 Å². The summed E-state index contributed by atoms with van der Waals surface area (Å²) in [5, 5.41) is 2.69. The van der Waals surface area contributed by atoms with Crippen molar-refractivity contribution >= 4 is 17.7 Å². The number of carbonyl (C=O) groups excluding carboxylic acids is 2. The molecular formula is C14H20N2O3. The van der Waals surface area contributed by atoms with Gasteiger partial charge in [-0.1, -0.05) is 13.3 Å². The van der Waals surface area contributed by atoms with Crippen LogP contribution in [0.3, 0.4) is 0 Å². The maximum atomic E-state index is 11.6. The molecule has 2 amide bonds. The number of nitrogens with one attached hydrogen (secondary N) is 1. The van der Waals surface area contributed by atoms with Crippen molar-refractivity contribution < 1.29 is 14.3 Å². The number of nitrogens with zero attached hydrogens (tertiary/aromatic N) is 1. The Kier molecular flexibility index (Phi) is 5.85. The molecule has 0 radical (unpaired) electrons. The van der Waals surface area contributed by atoms with Gasteiger partial charge in [-0.2, -0.15) is 0 Å². The lowest BCUT2D eigenvalue weighted by Gasteiger charge is -2.12. The second-order valence-electron chi connectivity index (χ2n) is 4.39. The molecule has 0 aliphatic carbocycles. The molecule has 0 saturated carbocycles. The third-order valence-electron chi connectivity index (χ3n) is 2.51. The zero-order chi connectivity index (χ0) is 14.3. The molecule has 19 heavy (non-hydrogen) atoms. The molecule has 1 N–H and O–H groups in total. The van der Waals surface area contributed by atoms with E-state index >= 15 is 0 Å². The van der Waals surface area contributed by atoms with Gasteiger partial charge in [-0.15, -0.1) is 0 Å². The van der Waals surface area contributed by atoms with Crippen molar-refractivity contribution in [2.45, 2.75) is 19.8 Å². The molecule has 1 rings (SSSR count). The monoisotopic (exact) mass is 264 g/mol. The smallest absolute Gasteiger partial charge is 0.338 e. The summed E-state index contributed by atoms with van der Waals surface area (Å²) < 4.78 is 5.09. The number of ether oxygens (including phenoxy) is 1. The first kappa shape index (κ1) is 15.0. The van der Waals surface area contributed by atoms with Crippen molar-refractivity contribution in [1.82, 2.24) is 4.90 Å². The summed E-state index contributed by atoms with van der Waals surface area (Å²) in [5.74, 6) is -0.334. The predicted octanol–water partition coefficient (Wildman–Crippen LogP) is 2.74. The van der Waals surface area contributed by atoms with E-state index in [1.54, 1.807) is 38.4 Å². The molecule has 0 heterocycles. The lowest BCUT2D eigenvalue weighted by Crippen LogP contribution is -2.27. The van der Waals surface area contributed by atoms with Crippen LogP contribution >= 0.6 is 0 Å². The van der Waals surface area contributed by atoms with Crippen LogP contribution in [-0.4, -0.2) is 37.6 Å². The lowest BCUT2D eigenvalue weighted by molar-refractivity contribution is 0.0500. The van der Waals surface area contributed by atoms with Crippen molar-refractivity contribution in [3.63, 3.8) is 0 Å². The SMILES string of the molecule is CCCCOC(=O)c1ccc(NC(=O)N(C)C)cc1. The molecule has 0 spiro atoms. The van der Waals surface area contributed by atoms with Gasteiger partial charge in [-0.05, 0) is 30.7 Å². The van der Waals surface area contributed by atoms with Crippen molar-refractivity contribution in [1.29, 1.82) is 0 Å². The van der Waals surface area contributed by atoms with E-state index in [9.17, 15) is 9.59 Å². The number of esters is 1. The Labute approximate surface area is 113 Å². The van der Waals surface area contributed by atoms with Gasteiger partial charge in [0.1, 0.15) is 0 Å². The van der Waals surface area contributed by atoms with Gasteiger partial charge in [0.05, 0.1) is 12.2 Å². The Morgan fingerprint density at radius 3 is 2.37 bits per heavy atom. The number of amides is 2. The highest BCUT2D eigenvalue weighted by Gasteiger charge is 2.08. The Morgan fingerprint density at radius 1 is 1.21 bits per heavy atom. The number of urea groups is 1. The summed E-state index contributed by atoms with van der Waals surface area (Å²) in [4.78, 5) is 24.5. The van der Waals surface area contributed by atoms with Crippen molar-refractivity contribution in [3.8, 4) is 0 Å². The highest BCUT2D eigenvalue weighted by atomic mass is 16.5. The number of rotatable bonds is 5. The standard InChI is InChI=1S/C14H20N2O3/c1-4-5-10-19-13(17)11-6-8-12(9-7-11)15-14(18)16(2)3/h6-9H,4-5,10H2,1-3H3,(H,15,18). The van der Waals surface area contributed by atoms with Gasteiger partial charge in [-0.3, -0.25) is 0 Å². The molecular weight excluding hydrogens is 244 g/mol. The fraction of sp³-hybridized carbons (Fsp3) is 0.429. The molecule has 1 aromatic rings. The van der Waals surface area contributed by atoms with Crippen molar-refractivity contribution in [3.05, 3.63) is 29.8 Å². The molecule has 0 aromatic heterocycles. The number of hydrogen-bond donors (Lipinski definition) is 1. The molecule has 1 aromatic carbocycles. The maximum Gasteiger partial charge on any atom is 0.338 e. The van der Waals surface area contributed by atoms with Crippen LogP contribution in [0, 0.1) is 0 Å². The van der Waals surface area contributed by atoms with Crippen molar-refractivity contribution in [2.24, 2.45) is 0 Å². The van der Waals surface area contributed by atoms with E-state index in [2.05, 4.69) is 5.32 Å². The number of unbranched alkanes of at least 4 members (excludes halogenated alkanes) is 1. The third-order valence-corrected chi connectivity index (χ3v) is 2.51. The number of anilines is 1. The first-order valence-electron chi connectivity index (χ1n) is 6.30. The van der Waals surface area contributed by atoms with Crippen LogP contribution in [-0.2, 0) is 4.74 Å². The molecule has 0 bridgehead atoms. The highest BCUT2D eigenvalue weighted by molar-refractivity contribution is 5.92. The minimum absolute atomic E-state index is 0.210. The van der Waals surface area contributed by atoms with E-state index in [0.29, 0.717) is 17.9 Å². The van der Waals surface area contributed by atoms with Crippen LogP contribution in [0.15, 0.2) is 24.3 Å². The van der Waals surface area contributed by atoms with Gasteiger partial charge >= 0.3 is 12.0 Å². The molecule has 104 valence electrons. The van der Waals surface area contributed by atoms with Gasteiger partial charge in [0, 0.05) is 19.8 Å². The topological polar surface area (TPSA) is 58.6 Å². The van der Waals surface area contributed by atoms with E-state index in [1.807, 2.05) is 6.92 Å².